The molecule has 0 aromatic heterocycles. The van der Waals surface area contributed by atoms with Gasteiger partial charge in [-0.3, -0.25) is 5.32 Å². The molecule has 0 aliphatic carbocycles. The molecule has 0 saturated heterocycles. The maximum Gasteiger partial charge on any atom is 0.119 e. The third-order valence-electron chi connectivity index (χ3n) is 2.35. The molecule has 0 fully saturated rings. The second-order valence-electron chi connectivity index (χ2n) is 3.37. The van der Waals surface area contributed by atoms with E-state index in [4.69, 9.17) is 10.5 Å². The molecular weight excluding hydrogens is 200 g/mol. The average Bonchev–Trinajstić information content (AvgIpc) is 2.35. The summed E-state index contributed by atoms with van der Waals surface area (Å²) in [6.07, 6.45) is 0. The van der Waals surface area contributed by atoms with Gasteiger partial charge in [0.05, 0.1) is 13.7 Å². The first-order valence-corrected chi connectivity index (χ1v) is 5.28. The molecule has 1 unspecified atom stereocenters. The van der Waals surface area contributed by atoms with Crippen LogP contribution in [0.5, 0.6) is 5.75 Å². The monoisotopic (exact) mass is 218 g/mol. The zero-order valence-corrected chi connectivity index (χ0v) is 9.79. The van der Waals surface area contributed by atoms with E-state index in [1.807, 2.05) is 31.2 Å². The molecule has 0 aliphatic heterocycles. The normalized spacial score (nSPS) is 11.4. The van der Waals surface area contributed by atoms with Crippen LogP contribution in [-0.2, 0) is 0 Å². The number of hydrogen-bond acceptors (Lipinski definition) is 3. The van der Waals surface area contributed by atoms with Crippen molar-refractivity contribution in [2.45, 2.75) is 13.0 Å². The maximum atomic E-state index is 5.73. The molecule has 0 amide bonds. The topological polar surface area (TPSA) is 47.3 Å². The molecule has 86 valence electrons. The van der Waals surface area contributed by atoms with Gasteiger partial charge in [0.1, 0.15) is 5.75 Å². The summed E-state index contributed by atoms with van der Waals surface area (Å²) in [5, 5.41) is 3.28. The van der Waals surface area contributed by atoms with E-state index in [1.165, 1.54) is 0 Å². The molecule has 1 atom stereocenters. The van der Waals surface area contributed by atoms with Crippen molar-refractivity contribution in [2.24, 2.45) is 5.73 Å². The summed E-state index contributed by atoms with van der Waals surface area (Å²) in [5.74, 6) is 6.65. The Kier molecular flexibility index (Phi) is 5.41. The van der Waals surface area contributed by atoms with Crippen molar-refractivity contribution in [3.8, 4) is 17.6 Å². The quantitative estimate of drug-likeness (QED) is 0.732. The first-order valence-electron chi connectivity index (χ1n) is 5.28. The Balaban J connectivity index is 2.72. The van der Waals surface area contributed by atoms with Gasteiger partial charge in [0.15, 0.2) is 0 Å². The Hall–Kier alpha value is -1.50. The predicted molar refractivity (Wildman–Crippen MR) is 66.2 cm³/mol. The van der Waals surface area contributed by atoms with Crippen LogP contribution in [0.4, 0.5) is 0 Å². The Morgan fingerprint density at radius 1 is 1.50 bits per heavy atom. The van der Waals surface area contributed by atoms with E-state index >= 15 is 0 Å². The van der Waals surface area contributed by atoms with E-state index in [-0.39, 0.29) is 6.04 Å². The molecular formula is C13H18N2O. The first-order chi connectivity index (χ1) is 7.81. The van der Waals surface area contributed by atoms with Gasteiger partial charge in [-0.2, -0.15) is 0 Å². The minimum atomic E-state index is 0.121. The van der Waals surface area contributed by atoms with E-state index in [1.54, 1.807) is 7.11 Å². The second-order valence-corrected chi connectivity index (χ2v) is 3.37. The Labute approximate surface area is 97.0 Å². The van der Waals surface area contributed by atoms with Gasteiger partial charge in [-0.25, -0.2) is 0 Å². The van der Waals surface area contributed by atoms with Crippen molar-refractivity contribution in [3.63, 3.8) is 0 Å². The lowest BCUT2D eigenvalue weighted by atomic mass is 10.1. The zero-order valence-electron chi connectivity index (χ0n) is 9.79. The highest BCUT2D eigenvalue weighted by molar-refractivity contribution is 5.30. The molecule has 0 aliphatic rings. The third kappa shape index (κ3) is 3.58. The lowest BCUT2D eigenvalue weighted by Crippen LogP contribution is -2.28. The van der Waals surface area contributed by atoms with Crippen molar-refractivity contribution in [1.82, 2.24) is 5.32 Å². The zero-order chi connectivity index (χ0) is 11.8. The van der Waals surface area contributed by atoms with Crippen LogP contribution in [-0.4, -0.2) is 20.2 Å². The lowest BCUT2D eigenvalue weighted by Gasteiger charge is -2.16. The number of rotatable bonds is 5. The highest BCUT2D eigenvalue weighted by Gasteiger charge is 2.08. The number of hydrogen-bond donors (Lipinski definition) is 2. The SMILES string of the molecule is CC#CCNC(CN)c1cccc(OC)c1. The molecule has 1 aromatic rings. The number of ether oxygens (including phenoxy) is 1. The van der Waals surface area contributed by atoms with Crippen LogP contribution in [0.25, 0.3) is 0 Å². The van der Waals surface area contributed by atoms with Crippen LogP contribution in [0, 0.1) is 11.8 Å². The number of nitrogens with one attached hydrogen (secondary N) is 1. The second kappa shape index (κ2) is 6.89. The number of methoxy groups -OCH3 is 1. The third-order valence-corrected chi connectivity index (χ3v) is 2.35. The van der Waals surface area contributed by atoms with Crippen molar-refractivity contribution in [1.29, 1.82) is 0 Å². The van der Waals surface area contributed by atoms with E-state index in [2.05, 4.69) is 17.2 Å². The molecule has 1 aromatic carbocycles. The number of nitrogens with two attached hydrogens (primary N) is 1. The van der Waals surface area contributed by atoms with Gasteiger partial charge < -0.3 is 10.5 Å². The molecule has 1 rings (SSSR count). The summed E-state index contributed by atoms with van der Waals surface area (Å²) in [6, 6.07) is 8.03. The highest BCUT2D eigenvalue weighted by atomic mass is 16.5. The molecule has 16 heavy (non-hydrogen) atoms. The minimum Gasteiger partial charge on any atom is -0.497 e. The van der Waals surface area contributed by atoms with Crippen molar-refractivity contribution < 1.29 is 4.74 Å². The number of benzene rings is 1. The predicted octanol–water partition coefficient (Wildman–Crippen LogP) is 1.31. The Morgan fingerprint density at radius 2 is 2.31 bits per heavy atom. The first kappa shape index (κ1) is 12.6. The van der Waals surface area contributed by atoms with E-state index in [9.17, 15) is 0 Å². The fourth-order valence-electron chi connectivity index (χ4n) is 1.46. The average molecular weight is 218 g/mol. The highest BCUT2D eigenvalue weighted by Crippen LogP contribution is 2.18. The Morgan fingerprint density at radius 3 is 2.94 bits per heavy atom. The van der Waals surface area contributed by atoms with Gasteiger partial charge in [-0.15, -0.1) is 5.92 Å². The Bertz CT molecular complexity index is 379. The summed E-state index contributed by atoms with van der Waals surface area (Å²) < 4.78 is 5.18. The van der Waals surface area contributed by atoms with Crippen LogP contribution < -0.4 is 15.8 Å². The van der Waals surface area contributed by atoms with Crippen LogP contribution in [0.3, 0.4) is 0 Å². The van der Waals surface area contributed by atoms with Crippen LogP contribution in [0.15, 0.2) is 24.3 Å². The molecule has 0 radical (unpaired) electrons. The fraction of sp³-hybridized carbons (Fsp3) is 0.385. The van der Waals surface area contributed by atoms with Crippen molar-refractivity contribution in [2.75, 3.05) is 20.2 Å². The van der Waals surface area contributed by atoms with Gasteiger partial charge in [0, 0.05) is 12.6 Å². The summed E-state index contributed by atoms with van der Waals surface area (Å²) in [7, 11) is 1.66. The molecule has 3 heteroatoms. The smallest absolute Gasteiger partial charge is 0.119 e. The van der Waals surface area contributed by atoms with Crippen LogP contribution in [0.2, 0.25) is 0 Å². The van der Waals surface area contributed by atoms with E-state index < -0.39 is 0 Å². The van der Waals surface area contributed by atoms with Gasteiger partial charge >= 0.3 is 0 Å². The van der Waals surface area contributed by atoms with Crippen molar-refractivity contribution in [3.05, 3.63) is 29.8 Å². The minimum absolute atomic E-state index is 0.121. The van der Waals surface area contributed by atoms with Gasteiger partial charge in [0.2, 0.25) is 0 Å². The lowest BCUT2D eigenvalue weighted by molar-refractivity contribution is 0.413. The maximum absolute atomic E-state index is 5.73. The summed E-state index contributed by atoms with van der Waals surface area (Å²) in [5.41, 5.74) is 6.85. The van der Waals surface area contributed by atoms with Crippen LogP contribution in [0.1, 0.15) is 18.5 Å². The molecule has 0 spiro atoms. The molecule has 0 heterocycles. The standard InChI is InChI=1S/C13H18N2O/c1-3-4-8-15-13(10-14)11-6-5-7-12(9-11)16-2/h5-7,9,13,15H,8,10,14H2,1-2H3. The van der Waals surface area contributed by atoms with Crippen molar-refractivity contribution >= 4 is 0 Å². The van der Waals surface area contributed by atoms with Gasteiger partial charge in [-0.1, -0.05) is 18.1 Å². The van der Waals surface area contributed by atoms with Gasteiger partial charge in [-0.05, 0) is 24.6 Å². The van der Waals surface area contributed by atoms with E-state index in [0.717, 1.165) is 11.3 Å². The summed E-state index contributed by atoms with van der Waals surface area (Å²) in [6.45, 7) is 3.01. The molecule has 3 N–H and O–H groups in total. The van der Waals surface area contributed by atoms with Gasteiger partial charge in [0.25, 0.3) is 0 Å². The summed E-state index contributed by atoms with van der Waals surface area (Å²) >= 11 is 0. The molecule has 0 bridgehead atoms. The largest absolute Gasteiger partial charge is 0.497 e. The summed E-state index contributed by atoms with van der Waals surface area (Å²) in [4.78, 5) is 0. The molecule has 0 saturated carbocycles. The molecule has 3 nitrogen and oxygen atoms in total. The van der Waals surface area contributed by atoms with Crippen LogP contribution >= 0.6 is 0 Å². The van der Waals surface area contributed by atoms with E-state index in [0.29, 0.717) is 13.1 Å². The fourth-order valence-corrected chi connectivity index (χ4v) is 1.46.